The molecule has 0 saturated carbocycles. The molecule has 0 radical (unpaired) electrons. The Morgan fingerprint density at radius 3 is 2.48 bits per heavy atom. The van der Waals surface area contributed by atoms with Crippen molar-refractivity contribution >= 4 is 40.2 Å². The van der Waals surface area contributed by atoms with E-state index in [1.54, 1.807) is 6.21 Å². The highest BCUT2D eigenvalue weighted by molar-refractivity contribution is 7.15. The van der Waals surface area contributed by atoms with E-state index in [1.165, 1.54) is 11.3 Å². The monoisotopic (exact) mass is 416 g/mol. The predicted molar refractivity (Wildman–Crippen MR) is 118 cm³/mol. The number of unbranched alkanes of at least 4 members (excludes halogenated alkanes) is 1. The van der Waals surface area contributed by atoms with Crippen molar-refractivity contribution in [2.45, 2.75) is 46.5 Å². The Kier molecular flexibility index (Phi) is 9.23. The number of hydrogen-bond acceptors (Lipinski definition) is 7. The van der Waals surface area contributed by atoms with Gasteiger partial charge in [0, 0.05) is 25.2 Å². The molecule has 1 heterocycles. The summed E-state index contributed by atoms with van der Waals surface area (Å²) in [5, 5.41) is 15.4. The summed E-state index contributed by atoms with van der Waals surface area (Å²) in [6.07, 6.45) is 3.90. The molecule has 0 aliphatic carbocycles. The molecule has 29 heavy (non-hydrogen) atoms. The summed E-state index contributed by atoms with van der Waals surface area (Å²) in [4.78, 5) is 26.0. The molecule has 1 aromatic carbocycles. The molecule has 2 amide bonds. The second kappa shape index (κ2) is 11.9. The molecule has 8 nitrogen and oxygen atoms in total. The van der Waals surface area contributed by atoms with Gasteiger partial charge in [0.25, 0.3) is 0 Å². The first-order chi connectivity index (χ1) is 14.0. The summed E-state index contributed by atoms with van der Waals surface area (Å²) in [6.45, 7) is 8.18. The number of anilines is 2. The van der Waals surface area contributed by atoms with Crippen LogP contribution < -0.4 is 15.6 Å². The van der Waals surface area contributed by atoms with E-state index in [0.29, 0.717) is 16.6 Å². The second-order valence-corrected chi connectivity index (χ2v) is 7.45. The molecule has 2 N–H and O–H groups in total. The SMILES string of the molecule is CCCCC(=O)Nc1nnc(CC(=O)N/N=C\c2ccc(N(CC)CC)cc2)s1. The van der Waals surface area contributed by atoms with E-state index in [2.05, 4.69) is 44.8 Å². The molecule has 2 aromatic rings. The highest BCUT2D eigenvalue weighted by Crippen LogP contribution is 2.16. The zero-order valence-electron chi connectivity index (χ0n) is 17.1. The average Bonchev–Trinajstić information content (AvgIpc) is 3.15. The fourth-order valence-corrected chi connectivity index (χ4v) is 3.36. The molecule has 0 aliphatic heterocycles. The van der Waals surface area contributed by atoms with Crippen molar-refractivity contribution in [2.75, 3.05) is 23.3 Å². The van der Waals surface area contributed by atoms with Gasteiger partial charge >= 0.3 is 0 Å². The van der Waals surface area contributed by atoms with Crippen LogP contribution in [0, 0.1) is 0 Å². The van der Waals surface area contributed by atoms with Crippen LogP contribution in [0.1, 0.15) is 50.6 Å². The predicted octanol–water partition coefficient (Wildman–Crippen LogP) is 3.21. The van der Waals surface area contributed by atoms with Crippen LogP contribution in [-0.2, 0) is 16.0 Å². The molecular weight excluding hydrogens is 388 g/mol. The fourth-order valence-electron chi connectivity index (χ4n) is 2.61. The number of carbonyl (C=O) groups is 2. The Bertz CT molecular complexity index is 815. The molecule has 156 valence electrons. The molecule has 0 spiro atoms. The van der Waals surface area contributed by atoms with Gasteiger partial charge in [-0.2, -0.15) is 5.10 Å². The Balaban J connectivity index is 1.80. The number of hydrazone groups is 1. The molecule has 0 fully saturated rings. The van der Waals surface area contributed by atoms with E-state index in [1.807, 2.05) is 31.2 Å². The topological polar surface area (TPSA) is 99.6 Å². The van der Waals surface area contributed by atoms with Crippen molar-refractivity contribution < 1.29 is 9.59 Å². The van der Waals surface area contributed by atoms with Gasteiger partial charge in [-0.3, -0.25) is 9.59 Å². The van der Waals surface area contributed by atoms with E-state index in [9.17, 15) is 9.59 Å². The number of benzene rings is 1. The maximum Gasteiger partial charge on any atom is 0.247 e. The van der Waals surface area contributed by atoms with E-state index in [0.717, 1.165) is 37.2 Å². The van der Waals surface area contributed by atoms with Gasteiger partial charge in [-0.25, -0.2) is 5.43 Å². The molecule has 9 heteroatoms. The van der Waals surface area contributed by atoms with Crippen molar-refractivity contribution in [2.24, 2.45) is 5.10 Å². The number of hydrogen-bond donors (Lipinski definition) is 2. The van der Waals surface area contributed by atoms with Gasteiger partial charge in [-0.15, -0.1) is 10.2 Å². The van der Waals surface area contributed by atoms with Gasteiger partial charge < -0.3 is 10.2 Å². The lowest BCUT2D eigenvalue weighted by molar-refractivity contribution is -0.120. The van der Waals surface area contributed by atoms with Gasteiger partial charge in [0.05, 0.1) is 12.6 Å². The molecule has 0 aliphatic rings. The van der Waals surface area contributed by atoms with Crippen LogP contribution in [0.2, 0.25) is 0 Å². The third-order valence-corrected chi connectivity index (χ3v) is 5.05. The maximum atomic E-state index is 12.0. The minimum Gasteiger partial charge on any atom is -0.372 e. The van der Waals surface area contributed by atoms with Crippen LogP contribution in [-0.4, -0.2) is 41.3 Å². The first-order valence-electron chi connectivity index (χ1n) is 9.84. The summed E-state index contributed by atoms with van der Waals surface area (Å²) in [5.74, 6) is -0.378. The van der Waals surface area contributed by atoms with Gasteiger partial charge in [0.1, 0.15) is 5.01 Å². The highest BCUT2D eigenvalue weighted by atomic mass is 32.1. The molecule has 2 rings (SSSR count). The van der Waals surface area contributed by atoms with Crippen LogP contribution >= 0.6 is 11.3 Å². The zero-order chi connectivity index (χ0) is 21.1. The van der Waals surface area contributed by atoms with Crippen molar-refractivity contribution in [3.05, 3.63) is 34.8 Å². The molecule has 0 unspecified atom stereocenters. The van der Waals surface area contributed by atoms with Crippen molar-refractivity contribution in [1.29, 1.82) is 0 Å². The van der Waals surface area contributed by atoms with Gasteiger partial charge in [0.2, 0.25) is 16.9 Å². The summed E-state index contributed by atoms with van der Waals surface area (Å²) >= 11 is 1.19. The van der Waals surface area contributed by atoms with Gasteiger partial charge in [0.15, 0.2) is 0 Å². The van der Waals surface area contributed by atoms with Crippen LogP contribution in [0.4, 0.5) is 10.8 Å². The Morgan fingerprint density at radius 1 is 1.10 bits per heavy atom. The second-order valence-electron chi connectivity index (χ2n) is 6.39. The quantitative estimate of drug-likeness (QED) is 0.433. The van der Waals surface area contributed by atoms with Crippen molar-refractivity contribution in [3.63, 3.8) is 0 Å². The first-order valence-corrected chi connectivity index (χ1v) is 10.7. The average molecular weight is 417 g/mol. The number of amides is 2. The summed E-state index contributed by atoms with van der Waals surface area (Å²) in [5.41, 5.74) is 4.54. The van der Waals surface area contributed by atoms with E-state index in [-0.39, 0.29) is 18.2 Å². The lowest BCUT2D eigenvalue weighted by Crippen LogP contribution is -2.21. The molecule has 0 bridgehead atoms. The Hall–Kier alpha value is -2.81. The lowest BCUT2D eigenvalue weighted by Gasteiger charge is -2.20. The number of aromatic nitrogens is 2. The molecule has 1 aromatic heterocycles. The van der Waals surface area contributed by atoms with Crippen LogP contribution in [0.15, 0.2) is 29.4 Å². The third-order valence-electron chi connectivity index (χ3n) is 4.21. The van der Waals surface area contributed by atoms with E-state index < -0.39 is 0 Å². The number of nitrogens with one attached hydrogen (secondary N) is 2. The molecular formula is C20H28N6O2S. The largest absolute Gasteiger partial charge is 0.372 e. The Labute approximate surface area is 175 Å². The van der Waals surface area contributed by atoms with E-state index >= 15 is 0 Å². The van der Waals surface area contributed by atoms with Crippen LogP contribution in [0.25, 0.3) is 0 Å². The standard InChI is InChI=1S/C20H28N6O2S/c1-4-7-8-17(27)22-20-25-24-19(29-20)13-18(28)23-21-14-15-9-11-16(12-10-15)26(5-2)6-3/h9-12,14H,4-8,13H2,1-3H3,(H,23,28)(H,22,25,27)/b21-14-. The van der Waals surface area contributed by atoms with Crippen molar-refractivity contribution in [1.82, 2.24) is 15.6 Å². The van der Waals surface area contributed by atoms with Gasteiger partial charge in [-0.1, -0.05) is 36.8 Å². The zero-order valence-corrected chi connectivity index (χ0v) is 18.0. The summed E-state index contributed by atoms with van der Waals surface area (Å²) in [6, 6.07) is 7.99. The smallest absolute Gasteiger partial charge is 0.247 e. The Morgan fingerprint density at radius 2 is 1.83 bits per heavy atom. The van der Waals surface area contributed by atoms with E-state index in [4.69, 9.17) is 0 Å². The highest BCUT2D eigenvalue weighted by Gasteiger charge is 2.11. The lowest BCUT2D eigenvalue weighted by atomic mass is 10.2. The van der Waals surface area contributed by atoms with Crippen molar-refractivity contribution in [3.8, 4) is 0 Å². The fraction of sp³-hybridized carbons (Fsp3) is 0.450. The summed E-state index contributed by atoms with van der Waals surface area (Å²) < 4.78 is 0. The number of carbonyl (C=O) groups excluding carboxylic acids is 2. The van der Waals surface area contributed by atoms with Gasteiger partial charge in [-0.05, 0) is 38.0 Å². The molecule has 0 atom stereocenters. The molecule has 0 saturated heterocycles. The van der Waals surface area contributed by atoms with Crippen LogP contribution in [0.3, 0.4) is 0 Å². The number of rotatable bonds is 11. The summed E-state index contributed by atoms with van der Waals surface area (Å²) in [7, 11) is 0. The third kappa shape index (κ3) is 7.61. The maximum absolute atomic E-state index is 12.0. The van der Waals surface area contributed by atoms with Crippen LogP contribution in [0.5, 0.6) is 0 Å². The minimum atomic E-state index is -0.291. The number of nitrogens with zero attached hydrogens (tertiary/aromatic N) is 4. The minimum absolute atomic E-state index is 0.0563. The first kappa shape index (κ1) is 22.5. The normalized spacial score (nSPS) is 10.9.